The molecule has 0 saturated carbocycles. The summed E-state index contributed by atoms with van der Waals surface area (Å²) in [6, 6.07) is 11.1. The van der Waals surface area contributed by atoms with Gasteiger partial charge in [-0.05, 0) is 54.3 Å². The van der Waals surface area contributed by atoms with Crippen LogP contribution in [0.3, 0.4) is 0 Å². The average molecular weight is 329 g/mol. The fraction of sp³-hybridized carbons (Fsp3) is 0.211. The molecule has 1 aliphatic rings. The summed E-state index contributed by atoms with van der Waals surface area (Å²) >= 11 is 6.32. The normalized spacial score (nSPS) is 15.4. The highest BCUT2D eigenvalue weighted by molar-refractivity contribution is 6.33. The zero-order valence-corrected chi connectivity index (χ0v) is 13.8. The molecule has 0 heterocycles. The van der Waals surface area contributed by atoms with Crippen molar-refractivity contribution in [2.45, 2.75) is 12.8 Å². The maximum Gasteiger partial charge on any atom is 0.189 e. The topological polar surface area (TPSA) is 35.5 Å². The second-order valence-corrected chi connectivity index (χ2v) is 5.76. The van der Waals surface area contributed by atoms with Gasteiger partial charge in [0, 0.05) is 11.1 Å². The lowest BCUT2D eigenvalue weighted by molar-refractivity contribution is 0.102. The molecule has 4 heteroatoms. The first-order valence-electron chi connectivity index (χ1n) is 7.38. The molecule has 0 atom stereocenters. The number of hydrogen-bond donors (Lipinski definition) is 0. The van der Waals surface area contributed by atoms with E-state index in [0.717, 1.165) is 34.4 Å². The lowest BCUT2D eigenvalue weighted by atomic mass is 9.86. The van der Waals surface area contributed by atoms with Crippen molar-refractivity contribution in [3.8, 4) is 11.5 Å². The first kappa shape index (κ1) is 15.6. The number of rotatable bonds is 3. The highest BCUT2D eigenvalue weighted by atomic mass is 35.5. The van der Waals surface area contributed by atoms with Crippen molar-refractivity contribution < 1.29 is 14.3 Å². The molecule has 118 valence electrons. The van der Waals surface area contributed by atoms with Crippen LogP contribution in [-0.4, -0.2) is 20.0 Å². The van der Waals surface area contributed by atoms with Crippen LogP contribution in [0, 0.1) is 0 Å². The Labute approximate surface area is 140 Å². The molecule has 1 aliphatic carbocycles. The van der Waals surface area contributed by atoms with E-state index in [9.17, 15) is 4.79 Å². The minimum Gasteiger partial charge on any atom is -0.497 e. The van der Waals surface area contributed by atoms with Crippen molar-refractivity contribution in [1.82, 2.24) is 0 Å². The molecule has 0 fully saturated rings. The third kappa shape index (κ3) is 2.97. The van der Waals surface area contributed by atoms with Gasteiger partial charge in [-0.1, -0.05) is 23.7 Å². The molecule has 3 nitrogen and oxygen atoms in total. The predicted molar refractivity (Wildman–Crippen MR) is 91.6 cm³/mol. The highest BCUT2D eigenvalue weighted by Crippen LogP contribution is 2.33. The second kappa shape index (κ2) is 6.47. The first-order chi connectivity index (χ1) is 11.1. The van der Waals surface area contributed by atoms with Crippen molar-refractivity contribution >= 4 is 23.5 Å². The molecule has 2 aromatic rings. The van der Waals surface area contributed by atoms with Crippen LogP contribution in [0.5, 0.6) is 11.5 Å². The Hall–Kier alpha value is -2.26. The Morgan fingerprint density at radius 3 is 2.65 bits per heavy atom. The third-order valence-electron chi connectivity index (χ3n) is 4.06. The summed E-state index contributed by atoms with van der Waals surface area (Å²) in [7, 11) is 3.20. The molecule has 0 spiro atoms. The number of allylic oxidation sites excluding steroid dienone is 1. The van der Waals surface area contributed by atoms with Gasteiger partial charge in [-0.3, -0.25) is 4.79 Å². The van der Waals surface area contributed by atoms with Crippen molar-refractivity contribution in [2.24, 2.45) is 0 Å². The van der Waals surface area contributed by atoms with Crippen molar-refractivity contribution in [3.05, 3.63) is 63.7 Å². The monoisotopic (exact) mass is 328 g/mol. The molecular weight excluding hydrogens is 312 g/mol. The van der Waals surface area contributed by atoms with Crippen LogP contribution < -0.4 is 9.47 Å². The number of aryl methyl sites for hydroxylation is 1. The van der Waals surface area contributed by atoms with E-state index >= 15 is 0 Å². The van der Waals surface area contributed by atoms with Crippen LogP contribution in [0.15, 0.2) is 42.0 Å². The van der Waals surface area contributed by atoms with Crippen LogP contribution in [0.1, 0.15) is 27.9 Å². The summed E-state index contributed by atoms with van der Waals surface area (Å²) in [5.41, 5.74) is 3.33. The molecule has 0 aromatic heterocycles. The number of fused-ring (bicyclic) bond motifs is 1. The Bertz CT molecular complexity index is 793. The summed E-state index contributed by atoms with van der Waals surface area (Å²) in [4.78, 5) is 12.7. The van der Waals surface area contributed by atoms with E-state index in [1.165, 1.54) is 0 Å². The Balaban J connectivity index is 1.98. The number of carbonyl (C=O) groups is 1. The van der Waals surface area contributed by atoms with Crippen LogP contribution in [0.4, 0.5) is 0 Å². The van der Waals surface area contributed by atoms with Gasteiger partial charge in [0.2, 0.25) is 0 Å². The summed E-state index contributed by atoms with van der Waals surface area (Å²) in [5, 5.41) is 0.524. The third-order valence-corrected chi connectivity index (χ3v) is 4.46. The highest BCUT2D eigenvalue weighted by Gasteiger charge is 2.22. The Morgan fingerprint density at radius 2 is 1.91 bits per heavy atom. The van der Waals surface area contributed by atoms with Gasteiger partial charge in [0.05, 0.1) is 19.2 Å². The van der Waals surface area contributed by atoms with Crippen LogP contribution in [0.2, 0.25) is 5.02 Å². The van der Waals surface area contributed by atoms with Crippen LogP contribution in [-0.2, 0) is 6.42 Å². The standard InChI is InChI=1S/C19H17ClO3/c1-22-15-8-9-16-12(11-15)6-7-14(19(16)21)10-13-4-3-5-17(23-2)18(13)20/h3-5,8-11H,6-7H2,1-2H3. The number of benzene rings is 2. The van der Waals surface area contributed by atoms with Gasteiger partial charge in [-0.15, -0.1) is 0 Å². The average Bonchev–Trinajstić information content (AvgIpc) is 2.58. The molecule has 3 rings (SSSR count). The van der Waals surface area contributed by atoms with Gasteiger partial charge in [0.25, 0.3) is 0 Å². The van der Waals surface area contributed by atoms with Gasteiger partial charge in [0.1, 0.15) is 11.5 Å². The van der Waals surface area contributed by atoms with E-state index in [4.69, 9.17) is 21.1 Å². The molecule has 23 heavy (non-hydrogen) atoms. The van der Waals surface area contributed by atoms with Crippen molar-refractivity contribution in [2.75, 3.05) is 14.2 Å². The number of Topliss-reactive ketones (excluding diaryl/α,β-unsaturated/α-hetero) is 1. The molecule has 0 radical (unpaired) electrons. The summed E-state index contributed by atoms with van der Waals surface area (Å²) < 4.78 is 10.4. The van der Waals surface area contributed by atoms with Crippen molar-refractivity contribution in [3.63, 3.8) is 0 Å². The molecule has 0 saturated heterocycles. The van der Waals surface area contributed by atoms with E-state index in [0.29, 0.717) is 17.2 Å². The number of hydrogen-bond acceptors (Lipinski definition) is 3. The Kier molecular flexibility index (Phi) is 4.39. The molecule has 0 unspecified atom stereocenters. The SMILES string of the molecule is COc1ccc2c(c1)CCC(=Cc1cccc(OC)c1Cl)C2=O. The molecule has 0 amide bonds. The quantitative estimate of drug-likeness (QED) is 0.774. The maximum atomic E-state index is 12.7. The van der Waals surface area contributed by atoms with Gasteiger partial charge in [0.15, 0.2) is 5.78 Å². The second-order valence-electron chi connectivity index (χ2n) is 5.39. The number of ether oxygens (including phenoxy) is 2. The number of carbonyl (C=O) groups excluding carboxylic acids is 1. The van der Waals surface area contributed by atoms with Gasteiger partial charge in [-0.2, -0.15) is 0 Å². The minimum absolute atomic E-state index is 0.0489. The zero-order valence-electron chi connectivity index (χ0n) is 13.1. The summed E-state index contributed by atoms with van der Waals surface area (Å²) in [6.45, 7) is 0. The van der Waals surface area contributed by atoms with Crippen LogP contribution in [0.25, 0.3) is 6.08 Å². The van der Waals surface area contributed by atoms with Gasteiger partial charge >= 0.3 is 0 Å². The van der Waals surface area contributed by atoms with E-state index in [2.05, 4.69) is 0 Å². The molecule has 0 bridgehead atoms. The summed E-state index contributed by atoms with van der Waals surface area (Å²) in [5.74, 6) is 1.43. The van der Waals surface area contributed by atoms with Crippen molar-refractivity contribution in [1.29, 1.82) is 0 Å². The number of halogens is 1. The number of methoxy groups -OCH3 is 2. The minimum atomic E-state index is 0.0489. The Morgan fingerprint density at radius 1 is 1.09 bits per heavy atom. The molecule has 0 aliphatic heterocycles. The molecular formula is C19H17ClO3. The van der Waals surface area contributed by atoms with Gasteiger partial charge in [-0.25, -0.2) is 0 Å². The lowest BCUT2D eigenvalue weighted by Crippen LogP contribution is -2.14. The predicted octanol–water partition coefficient (Wildman–Crippen LogP) is 4.57. The first-order valence-corrected chi connectivity index (χ1v) is 7.76. The lowest BCUT2D eigenvalue weighted by Gasteiger charge is -2.18. The number of ketones is 1. The largest absolute Gasteiger partial charge is 0.497 e. The van der Waals surface area contributed by atoms with Crippen LogP contribution >= 0.6 is 11.6 Å². The van der Waals surface area contributed by atoms with Gasteiger partial charge < -0.3 is 9.47 Å². The van der Waals surface area contributed by atoms with E-state index in [1.54, 1.807) is 20.3 Å². The van der Waals surface area contributed by atoms with E-state index in [-0.39, 0.29) is 5.78 Å². The van der Waals surface area contributed by atoms with E-state index < -0.39 is 0 Å². The fourth-order valence-electron chi connectivity index (χ4n) is 2.80. The van der Waals surface area contributed by atoms with E-state index in [1.807, 2.05) is 36.4 Å². The molecule has 0 N–H and O–H groups in total. The zero-order chi connectivity index (χ0) is 16.4. The molecule has 2 aromatic carbocycles. The smallest absolute Gasteiger partial charge is 0.189 e. The fourth-order valence-corrected chi connectivity index (χ4v) is 3.06. The summed E-state index contributed by atoms with van der Waals surface area (Å²) in [6.07, 6.45) is 3.36. The maximum absolute atomic E-state index is 12.7.